The molecule has 3 rings (SSSR count). The predicted molar refractivity (Wildman–Crippen MR) is 81.3 cm³/mol. The number of aromatic nitrogens is 2. The molecule has 1 aliphatic rings. The van der Waals surface area contributed by atoms with Crippen molar-refractivity contribution in [2.45, 2.75) is 19.4 Å². The number of rotatable bonds is 5. The van der Waals surface area contributed by atoms with Gasteiger partial charge in [-0.25, -0.2) is 4.79 Å². The first kappa shape index (κ1) is 14.3. The van der Waals surface area contributed by atoms with E-state index in [2.05, 4.69) is 27.4 Å². The van der Waals surface area contributed by atoms with Crippen molar-refractivity contribution in [1.82, 2.24) is 15.3 Å². The van der Waals surface area contributed by atoms with Crippen LogP contribution in [0, 0.1) is 11.8 Å². The van der Waals surface area contributed by atoms with E-state index in [9.17, 15) is 14.4 Å². The Bertz CT molecular complexity index is 751. The summed E-state index contributed by atoms with van der Waals surface area (Å²) in [6.45, 7) is 0.159. The number of aromatic amines is 2. The molecule has 3 N–H and O–H groups in total. The largest absolute Gasteiger partial charge is 0.350 e. The lowest BCUT2D eigenvalue weighted by atomic mass is 10.1. The molecule has 1 saturated carbocycles. The van der Waals surface area contributed by atoms with Crippen LogP contribution in [0.4, 0.5) is 0 Å². The molecule has 2 atom stereocenters. The summed E-state index contributed by atoms with van der Waals surface area (Å²) in [5, 5.41) is 2.77. The maximum Gasteiger partial charge on any atom is 0.325 e. The minimum atomic E-state index is -0.565. The molecule has 1 aliphatic carbocycles. The highest BCUT2D eigenvalue weighted by Crippen LogP contribution is 2.41. The number of amides is 1. The Kier molecular flexibility index (Phi) is 3.91. The Labute approximate surface area is 126 Å². The summed E-state index contributed by atoms with van der Waals surface area (Å²) in [5.41, 5.74) is 0.607. The Hall–Kier alpha value is -2.63. The van der Waals surface area contributed by atoms with E-state index in [-0.39, 0.29) is 18.4 Å². The average molecular weight is 299 g/mol. The summed E-state index contributed by atoms with van der Waals surface area (Å²) in [6, 6.07) is 11.4. The van der Waals surface area contributed by atoms with E-state index in [0.29, 0.717) is 11.6 Å². The van der Waals surface area contributed by atoms with Crippen molar-refractivity contribution in [2.24, 2.45) is 11.8 Å². The highest BCUT2D eigenvalue weighted by molar-refractivity contribution is 5.81. The normalized spacial score (nSPS) is 19.6. The molecule has 1 aromatic carbocycles. The molecule has 0 aliphatic heterocycles. The third-order valence-corrected chi connectivity index (χ3v) is 3.87. The van der Waals surface area contributed by atoms with Crippen LogP contribution in [-0.4, -0.2) is 15.9 Å². The van der Waals surface area contributed by atoms with Gasteiger partial charge in [0.2, 0.25) is 5.91 Å². The second-order valence-corrected chi connectivity index (χ2v) is 5.62. The monoisotopic (exact) mass is 299 g/mol. The van der Waals surface area contributed by atoms with Crippen molar-refractivity contribution < 1.29 is 4.79 Å². The average Bonchev–Trinajstić information content (AvgIpc) is 3.24. The smallest absolute Gasteiger partial charge is 0.325 e. The summed E-state index contributed by atoms with van der Waals surface area (Å²) in [5.74, 6) is 0.372. The summed E-state index contributed by atoms with van der Waals surface area (Å²) >= 11 is 0. The van der Waals surface area contributed by atoms with E-state index >= 15 is 0 Å². The van der Waals surface area contributed by atoms with E-state index in [0.717, 1.165) is 12.8 Å². The second kappa shape index (κ2) is 6.01. The highest BCUT2D eigenvalue weighted by atomic mass is 16.2. The first-order valence-electron chi connectivity index (χ1n) is 7.26. The molecule has 1 amide bonds. The molecule has 0 saturated heterocycles. The van der Waals surface area contributed by atoms with Gasteiger partial charge in [0.1, 0.15) is 0 Å². The lowest BCUT2D eigenvalue weighted by Crippen LogP contribution is -2.29. The van der Waals surface area contributed by atoms with E-state index in [1.54, 1.807) is 0 Å². The molecule has 1 heterocycles. The van der Waals surface area contributed by atoms with Gasteiger partial charge in [0.05, 0.1) is 6.54 Å². The molecule has 2 unspecified atom stereocenters. The van der Waals surface area contributed by atoms with Crippen LogP contribution in [0.3, 0.4) is 0 Å². The van der Waals surface area contributed by atoms with Crippen molar-refractivity contribution in [1.29, 1.82) is 0 Å². The molecule has 0 spiro atoms. The molecule has 6 heteroatoms. The zero-order valence-electron chi connectivity index (χ0n) is 12.0. The van der Waals surface area contributed by atoms with E-state index in [4.69, 9.17) is 0 Å². The van der Waals surface area contributed by atoms with Gasteiger partial charge in [-0.1, -0.05) is 30.3 Å². The maximum absolute atomic E-state index is 12.1. The van der Waals surface area contributed by atoms with Gasteiger partial charge in [-0.3, -0.25) is 14.6 Å². The molecule has 1 fully saturated rings. The molecule has 6 nitrogen and oxygen atoms in total. The Morgan fingerprint density at radius 3 is 2.68 bits per heavy atom. The molecule has 114 valence electrons. The van der Waals surface area contributed by atoms with Gasteiger partial charge in [0.25, 0.3) is 5.56 Å². The van der Waals surface area contributed by atoms with Gasteiger partial charge in [-0.2, -0.15) is 0 Å². The van der Waals surface area contributed by atoms with E-state index in [1.807, 2.05) is 18.2 Å². The first-order valence-corrected chi connectivity index (χ1v) is 7.26. The van der Waals surface area contributed by atoms with Crippen LogP contribution in [0.25, 0.3) is 0 Å². The van der Waals surface area contributed by atoms with Crippen LogP contribution in [0.1, 0.15) is 17.7 Å². The van der Waals surface area contributed by atoms with Crippen LogP contribution in [-0.2, 0) is 17.8 Å². The molecule has 0 bridgehead atoms. The number of carbonyl (C=O) groups excluding carboxylic acids is 1. The first-order chi connectivity index (χ1) is 10.6. The van der Waals surface area contributed by atoms with Gasteiger partial charge >= 0.3 is 5.69 Å². The fraction of sp³-hybridized carbons (Fsp3) is 0.312. The zero-order chi connectivity index (χ0) is 15.5. The number of hydrogen-bond acceptors (Lipinski definition) is 3. The molecular weight excluding hydrogens is 282 g/mol. The van der Waals surface area contributed by atoms with Crippen molar-refractivity contribution in [3.05, 3.63) is 68.5 Å². The zero-order valence-corrected chi connectivity index (χ0v) is 12.0. The minimum absolute atomic E-state index is 0.0222. The Balaban J connectivity index is 1.51. The number of benzene rings is 1. The van der Waals surface area contributed by atoms with Crippen LogP contribution in [0.2, 0.25) is 0 Å². The van der Waals surface area contributed by atoms with Crippen LogP contribution >= 0.6 is 0 Å². The fourth-order valence-electron chi connectivity index (χ4n) is 2.64. The summed E-state index contributed by atoms with van der Waals surface area (Å²) < 4.78 is 0. The van der Waals surface area contributed by atoms with Gasteiger partial charge in [0, 0.05) is 17.7 Å². The quantitative estimate of drug-likeness (QED) is 0.753. The van der Waals surface area contributed by atoms with Crippen LogP contribution in [0.15, 0.2) is 46.0 Å². The van der Waals surface area contributed by atoms with Gasteiger partial charge in [-0.15, -0.1) is 0 Å². The molecule has 1 aromatic heterocycles. The van der Waals surface area contributed by atoms with Crippen LogP contribution in [0.5, 0.6) is 0 Å². The van der Waals surface area contributed by atoms with E-state index < -0.39 is 11.2 Å². The lowest BCUT2D eigenvalue weighted by molar-refractivity contribution is -0.122. The third kappa shape index (κ3) is 3.52. The summed E-state index contributed by atoms with van der Waals surface area (Å²) in [4.78, 5) is 38.9. The SMILES string of the molecule is O=C(NCc1cc(=O)[nH]c(=O)[nH]1)C1CC1Cc1ccccc1. The highest BCUT2D eigenvalue weighted by Gasteiger charge is 2.42. The lowest BCUT2D eigenvalue weighted by Gasteiger charge is -2.05. The van der Waals surface area contributed by atoms with Crippen molar-refractivity contribution in [3.8, 4) is 0 Å². The summed E-state index contributed by atoms with van der Waals surface area (Å²) in [6.07, 6.45) is 1.79. The second-order valence-electron chi connectivity index (χ2n) is 5.62. The number of carbonyl (C=O) groups is 1. The number of nitrogens with one attached hydrogen (secondary N) is 3. The topological polar surface area (TPSA) is 94.8 Å². The third-order valence-electron chi connectivity index (χ3n) is 3.87. The molecule has 0 radical (unpaired) electrons. The standard InChI is InChI=1S/C16H17N3O3/c20-14-8-12(18-16(22)19-14)9-17-15(21)13-7-11(13)6-10-4-2-1-3-5-10/h1-5,8,11,13H,6-7,9H2,(H,17,21)(H2,18,19,20,22). The molecule has 22 heavy (non-hydrogen) atoms. The van der Waals surface area contributed by atoms with E-state index in [1.165, 1.54) is 11.6 Å². The molecule has 2 aromatic rings. The van der Waals surface area contributed by atoms with Crippen LogP contribution < -0.4 is 16.6 Å². The number of hydrogen-bond donors (Lipinski definition) is 3. The van der Waals surface area contributed by atoms with Crippen molar-refractivity contribution >= 4 is 5.91 Å². The van der Waals surface area contributed by atoms with Crippen molar-refractivity contribution in [2.75, 3.05) is 0 Å². The fourth-order valence-corrected chi connectivity index (χ4v) is 2.64. The minimum Gasteiger partial charge on any atom is -0.350 e. The Morgan fingerprint density at radius 2 is 1.95 bits per heavy atom. The van der Waals surface area contributed by atoms with Gasteiger partial charge < -0.3 is 10.3 Å². The maximum atomic E-state index is 12.1. The van der Waals surface area contributed by atoms with Crippen molar-refractivity contribution in [3.63, 3.8) is 0 Å². The summed E-state index contributed by atoms with van der Waals surface area (Å²) in [7, 11) is 0. The number of H-pyrrole nitrogens is 2. The predicted octanol–water partition coefficient (Wildman–Crippen LogP) is 0.558. The Morgan fingerprint density at radius 1 is 1.18 bits per heavy atom. The van der Waals surface area contributed by atoms with Gasteiger partial charge in [-0.05, 0) is 24.3 Å². The van der Waals surface area contributed by atoms with Gasteiger partial charge in [0.15, 0.2) is 0 Å². The molecular formula is C16H17N3O3.